The third-order valence-electron chi connectivity index (χ3n) is 3.90. The van der Waals surface area contributed by atoms with Gasteiger partial charge in [-0.1, -0.05) is 0 Å². The zero-order valence-electron chi connectivity index (χ0n) is 12.9. The maximum atomic E-state index is 12.3. The largest absolute Gasteiger partial charge is 0.307 e. The SMILES string of the molecule is Cc1ccn2cc(CNS(=O)(=O)N3CCN(C)CC3)nc2c1. The Morgan fingerprint density at radius 1 is 1.27 bits per heavy atom. The van der Waals surface area contributed by atoms with Crippen LogP contribution < -0.4 is 4.72 Å². The van der Waals surface area contributed by atoms with Crippen LogP contribution in [0.1, 0.15) is 11.3 Å². The molecule has 22 heavy (non-hydrogen) atoms. The van der Waals surface area contributed by atoms with Crippen molar-refractivity contribution in [3.8, 4) is 0 Å². The van der Waals surface area contributed by atoms with Crippen LogP contribution in [0.3, 0.4) is 0 Å². The van der Waals surface area contributed by atoms with Gasteiger partial charge in [0.25, 0.3) is 10.2 Å². The van der Waals surface area contributed by atoms with Crippen LogP contribution in [0.15, 0.2) is 24.5 Å². The molecule has 0 amide bonds. The van der Waals surface area contributed by atoms with Gasteiger partial charge in [-0.2, -0.15) is 17.4 Å². The summed E-state index contributed by atoms with van der Waals surface area (Å²) < 4.78 is 30.6. The lowest BCUT2D eigenvalue weighted by molar-refractivity contribution is 0.221. The number of piperazine rings is 1. The molecular formula is C14H21N5O2S. The van der Waals surface area contributed by atoms with E-state index in [0.29, 0.717) is 18.8 Å². The summed E-state index contributed by atoms with van der Waals surface area (Å²) in [6, 6.07) is 3.96. The fourth-order valence-electron chi connectivity index (χ4n) is 2.51. The lowest BCUT2D eigenvalue weighted by atomic mass is 10.3. The second kappa shape index (κ2) is 5.96. The molecule has 2 aromatic rings. The van der Waals surface area contributed by atoms with Gasteiger partial charge in [0, 0.05) is 38.6 Å². The first-order chi connectivity index (χ1) is 10.4. The highest BCUT2D eigenvalue weighted by atomic mass is 32.2. The maximum absolute atomic E-state index is 12.3. The van der Waals surface area contributed by atoms with Crippen LogP contribution in [-0.2, 0) is 16.8 Å². The topological polar surface area (TPSA) is 70.0 Å². The second-order valence-electron chi connectivity index (χ2n) is 5.73. The van der Waals surface area contributed by atoms with Crippen LogP contribution in [-0.4, -0.2) is 60.2 Å². The van der Waals surface area contributed by atoms with E-state index in [0.717, 1.165) is 24.3 Å². The normalized spacial score (nSPS) is 18.1. The highest BCUT2D eigenvalue weighted by Crippen LogP contribution is 2.09. The molecule has 1 N–H and O–H groups in total. The molecule has 7 nitrogen and oxygen atoms in total. The first-order valence-electron chi connectivity index (χ1n) is 7.31. The highest BCUT2D eigenvalue weighted by Gasteiger charge is 2.25. The number of hydrogen-bond donors (Lipinski definition) is 1. The first kappa shape index (κ1) is 15.4. The molecule has 0 radical (unpaired) electrons. The molecule has 0 atom stereocenters. The van der Waals surface area contributed by atoms with Gasteiger partial charge in [-0.3, -0.25) is 0 Å². The lowest BCUT2D eigenvalue weighted by Gasteiger charge is -2.31. The Morgan fingerprint density at radius 2 is 2.00 bits per heavy atom. The minimum Gasteiger partial charge on any atom is -0.307 e. The van der Waals surface area contributed by atoms with Crippen molar-refractivity contribution in [2.24, 2.45) is 0 Å². The third-order valence-corrected chi connectivity index (χ3v) is 5.46. The number of imidazole rings is 1. The summed E-state index contributed by atoms with van der Waals surface area (Å²) >= 11 is 0. The molecule has 1 aliphatic rings. The summed E-state index contributed by atoms with van der Waals surface area (Å²) in [4.78, 5) is 6.56. The Labute approximate surface area is 130 Å². The zero-order chi connectivity index (χ0) is 15.7. The molecule has 120 valence electrons. The van der Waals surface area contributed by atoms with E-state index in [1.165, 1.54) is 4.31 Å². The Balaban J connectivity index is 1.67. The van der Waals surface area contributed by atoms with Crippen molar-refractivity contribution in [3.63, 3.8) is 0 Å². The zero-order valence-corrected chi connectivity index (χ0v) is 13.7. The Kier molecular flexibility index (Phi) is 4.18. The number of pyridine rings is 1. The van der Waals surface area contributed by atoms with Crippen molar-refractivity contribution in [2.45, 2.75) is 13.5 Å². The number of nitrogens with one attached hydrogen (secondary N) is 1. The van der Waals surface area contributed by atoms with Gasteiger partial charge in [0.1, 0.15) is 5.65 Å². The number of likely N-dealkylation sites (N-methyl/N-ethyl adjacent to an activating group) is 1. The monoisotopic (exact) mass is 323 g/mol. The summed E-state index contributed by atoms with van der Waals surface area (Å²) in [5.41, 5.74) is 2.67. The van der Waals surface area contributed by atoms with E-state index < -0.39 is 10.2 Å². The molecule has 0 aromatic carbocycles. The number of hydrogen-bond acceptors (Lipinski definition) is 4. The van der Waals surface area contributed by atoms with Crippen LogP contribution in [0, 0.1) is 6.92 Å². The molecule has 1 aliphatic heterocycles. The fraction of sp³-hybridized carbons (Fsp3) is 0.500. The van der Waals surface area contributed by atoms with Gasteiger partial charge in [-0.05, 0) is 31.7 Å². The molecule has 3 rings (SSSR count). The van der Waals surface area contributed by atoms with Crippen LogP contribution in [0.4, 0.5) is 0 Å². The summed E-state index contributed by atoms with van der Waals surface area (Å²) in [6.07, 6.45) is 3.78. The Hall–Kier alpha value is -1.48. The smallest absolute Gasteiger partial charge is 0.279 e. The van der Waals surface area contributed by atoms with Gasteiger partial charge in [0.05, 0.1) is 12.2 Å². The molecule has 1 saturated heterocycles. The fourth-order valence-corrected chi connectivity index (χ4v) is 3.66. The Morgan fingerprint density at radius 3 is 2.73 bits per heavy atom. The lowest BCUT2D eigenvalue weighted by Crippen LogP contribution is -2.50. The molecule has 0 saturated carbocycles. The Bertz CT molecular complexity index is 763. The van der Waals surface area contributed by atoms with Gasteiger partial charge >= 0.3 is 0 Å². The van der Waals surface area contributed by atoms with Crippen molar-refractivity contribution < 1.29 is 8.42 Å². The average Bonchev–Trinajstić information content (AvgIpc) is 2.88. The predicted molar refractivity (Wildman–Crippen MR) is 84.8 cm³/mol. The van der Waals surface area contributed by atoms with E-state index in [4.69, 9.17) is 0 Å². The maximum Gasteiger partial charge on any atom is 0.279 e. The summed E-state index contributed by atoms with van der Waals surface area (Å²) in [5.74, 6) is 0. The van der Waals surface area contributed by atoms with E-state index in [9.17, 15) is 8.42 Å². The van der Waals surface area contributed by atoms with Gasteiger partial charge < -0.3 is 9.30 Å². The number of rotatable bonds is 4. The van der Waals surface area contributed by atoms with Crippen molar-refractivity contribution in [3.05, 3.63) is 35.8 Å². The molecule has 2 aromatic heterocycles. The molecule has 3 heterocycles. The molecule has 8 heteroatoms. The van der Waals surface area contributed by atoms with E-state index in [1.54, 1.807) is 0 Å². The van der Waals surface area contributed by atoms with Gasteiger partial charge in [0.15, 0.2) is 0 Å². The number of aryl methyl sites for hydroxylation is 1. The van der Waals surface area contributed by atoms with Gasteiger partial charge in [0.2, 0.25) is 0 Å². The molecule has 0 unspecified atom stereocenters. The van der Waals surface area contributed by atoms with Crippen LogP contribution in [0.25, 0.3) is 5.65 Å². The minimum atomic E-state index is -3.44. The van der Waals surface area contributed by atoms with Crippen molar-refractivity contribution in [2.75, 3.05) is 33.2 Å². The molecule has 0 aliphatic carbocycles. The number of nitrogens with zero attached hydrogens (tertiary/aromatic N) is 4. The molecule has 1 fully saturated rings. The highest BCUT2D eigenvalue weighted by molar-refractivity contribution is 7.87. The van der Waals surface area contributed by atoms with E-state index in [1.807, 2.05) is 42.9 Å². The average molecular weight is 323 g/mol. The molecule has 0 bridgehead atoms. The summed E-state index contributed by atoms with van der Waals surface area (Å²) in [6.45, 7) is 4.77. The van der Waals surface area contributed by atoms with E-state index in [-0.39, 0.29) is 6.54 Å². The second-order valence-corrected chi connectivity index (χ2v) is 7.49. The summed E-state index contributed by atoms with van der Waals surface area (Å²) in [5, 5.41) is 0. The van der Waals surface area contributed by atoms with Crippen LogP contribution in [0.2, 0.25) is 0 Å². The number of aromatic nitrogens is 2. The van der Waals surface area contributed by atoms with Gasteiger partial charge in [-0.15, -0.1) is 0 Å². The van der Waals surface area contributed by atoms with E-state index >= 15 is 0 Å². The van der Waals surface area contributed by atoms with Gasteiger partial charge in [-0.25, -0.2) is 4.98 Å². The molecular weight excluding hydrogens is 302 g/mol. The van der Waals surface area contributed by atoms with E-state index in [2.05, 4.69) is 14.6 Å². The first-order valence-corrected chi connectivity index (χ1v) is 8.75. The van der Waals surface area contributed by atoms with Crippen LogP contribution in [0.5, 0.6) is 0 Å². The number of fused-ring (bicyclic) bond motifs is 1. The third kappa shape index (κ3) is 3.30. The molecule has 0 spiro atoms. The predicted octanol–water partition coefficient (Wildman–Crippen LogP) is 0.225. The quantitative estimate of drug-likeness (QED) is 0.874. The van der Waals surface area contributed by atoms with Crippen LogP contribution >= 0.6 is 0 Å². The van der Waals surface area contributed by atoms with Crippen molar-refractivity contribution >= 4 is 15.9 Å². The standard InChI is InChI=1S/C14H21N5O2S/c1-12-3-4-18-11-13(16-14(18)9-12)10-15-22(20,21)19-7-5-17(2)6-8-19/h3-4,9,11,15H,5-8,10H2,1-2H3. The van der Waals surface area contributed by atoms with Crippen molar-refractivity contribution in [1.29, 1.82) is 0 Å². The summed E-state index contributed by atoms with van der Waals surface area (Å²) in [7, 11) is -1.45. The van der Waals surface area contributed by atoms with Crippen molar-refractivity contribution in [1.82, 2.24) is 23.3 Å². The minimum absolute atomic E-state index is 0.204.